The molecule has 1 aromatic rings. The van der Waals surface area contributed by atoms with Crippen molar-refractivity contribution >= 4 is 16.0 Å². The van der Waals surface area contributed by atoms with E-state index in [1.54, 1.807) is 13.0 Å². The van der Waals surface area contributed by atoms with E-state index in [2.05, 4.69) is 4.74 Å². The Morgan fingerprint density at radius 1 is 1.42 bits per heavy atom. The predicted octanol–water partition coefficient (Wildman–Crippen LogP) is 0.926. The van der Waals surface area contributed by atoms with Crippen LogP contribution < -0.4 is 0 Å². The molecule has 0 bridgehead atoms. The molecule has 1 aromatic carbocycles. The van der Waals surface area contributed by atoms with Gasteiger partial charge in [-0.15, -0.1) is 0 Å². The van der Waals surface area contributed by atoms with Crippen LogP contribution in [0.15, 0.2) is 23.1 Å². The zero-order valence-electron chi connectivity index (χ0n) is 10.9. The van der Waals surface area contributed by atoms with Crippen LogP contribution in [0.25, 0.3) is 0 Å². The Labute approximate surface area is 112 Å². The van der Waals surface area contributed by atoms with Crippen LogP contribution in [0, 0.1) is 18.3 Å². The Hall–Kier alpha value is -1.91. The molecule has 0 radical (unpaired) electrons. The number of carbonyl (C=O) groups is 1. The predicted molar refractivity (Wildman–Crippen MR) is 67.9 cm³/mol. The van der Waals surface area contributed by atoms with Gasteiger partial charge in [-0.1, -0.05) is 6.07 Å². The highest BCUT2D eigenvalue weighted by molar-refractivity contribution is 7.89. The fourth-order valence-electron chi connectivity index (χ4n) is 1.37. The fraction of sp³-hybridized carbons (Fsp3) is 0.333. The Morgan fingerprint density at radius 2 is 2.05 bits per heavy atom. The third kappa shape index (κ3) is 3.30. The molecule has 0 fully saturated rings. The number of hydrogen-bond donors (Lipinski definition) is 0. The summed E-state index contributed by atoms with van der Waals surface area (Å²) in [5.41, 5.74) is 0.721. The van der Waals surface area contributed by atoms with E-state index >= 15 is 0 Å². The van der Waals surface area contributed by atoms with Gasteiger partial charge in [0, 0.05) is 14.1 Å². The van der Waals surface area contributed by atoms with Gasteiger partial charge in [0.2, 0.25) is 10.0 Å². The molecular formula is C12H14N2O4S. The number of aryl methyl sites for hydroxylation is 1. The third-order valence-corrected chi connectivity index (χ3v) is 4.29. The average Bonchev–Trinajstić information content (AvgIpc) is 2.36. The van der Waals surface area contributed by atoms with E-state index in [0.717, 1.165) is 4.31 Å². The Balaban J connectivity index is 3.23. The first kappa shape index (κ1) is 15.1. The van der Waals surface area contributed by atoms with E-state index in [9.17, 15) is 13.2 Å². The van der Waals surface area contributed by atoms with Crippen molar-refractivity contribution < 1.29 is 17.9 Å². The molecule has 0 unspecified atom stereocenters. The van der Waals surface area contributed by atoms with Gasteiger partial charge in [0.05, 0.1) is 10.5 Å². The molecule has 19 heavy (non-hydrogen) atoms. The lowest BCUT2D eigenvalue weighted by Crippen LogP contribution is -2.22. The van der Waals surface area contributed by atoms with E-state index in [0.29, 0.717) is 5.56 Å². The SMILES string of the molecule is Cc1ccc(S(=O)(=O)N(C)C)cc1C(=O)OCC#N. The summed E-state index contributed by atoms with van der Waals surface area (Å²) < 4.78 is 29.6. The van der Waals surface area contributed by atoms with Gasteiger partial charge in [0.1, 0.15) is 6.07 Å². The number of sulfonamides is 1. The van der Waals surface area contributed by atoms with E-state index < -0.39 is 16.0 Å². The summed E-state index contributed by atoms with van der Waals surface area (Å²) in [6, 6.07) is 5.89. The van der Waals surface area contributed by atoms with Crippen LogP contribution in [0.4, 0.5) is 0 Å². The quantitative estimate of drug-likeness (QED) is 0.766. The number of ether oxygens (including phenoxy) is 1. The van der Waals surface area contributed by atoms with E-state index in [1.807, 2.05) is 0 Å². The number of hydrogen-bond acceptors (Lipinski definition) is 5. The van der Waals surface area contributed by atoms with Crippen molar-refractivity contribution in [2.75, 3.05) is 20.7 Å². The molecule has 0 aliphatic heterocycles. The van der Waals surface area contributed by atoms with Crippen LogP contribution in [0.2, 0.25) is 0 Å². The molecule has 0 aliphatic carbocycles. The summed E-state index contributed by atoms with van der Waals surface area (Å²) in [5, 5.41) is 8.36. The first-order chi connectivity index (χ1) is 8.80. The highest BCUT2D eigenvalue weighted by Gasteiger charge is 2.20. The number of esters is 1. The minimum absolute atomic E-state index is 0.00649. The summed E-state index contributed by atoms with van der Waals surface area (Å²) in [6.07, 6.45) is 0. The summed E-state index contributed by atoms with van der Waals surface area (Å²) in [5.74, 6) is -0.713. The lowest BCUT2D eigenvalue weighted by atomic mass is 10.1. The maximum Gasteiger partial charge on any atom is 0.339 e. The standard InChI is InChI=1S/C12H14N2O4S/c1-9-4-5-10(19(16,17)14(2)3)8-11(9)12(15)18-7-6-13/h4-5,8H,7H2,1-3H3. The Bertz CT molecular complexity index is 630. The molecule has 0 N–H and O–H groups in total. The van der Waals surface area contributed by atoms with E-state index in [-0.39, 0.29) is 17.1 Å². The fourth-order valence-corrected chi connectivity index (χ4v) is 2.30. The molecule has 7 heteroatoms. The van der Waals surface area contributed by atoms with Crippen LogP contribution in [0.3, 0.4) is 0 Å². The first-order valence-electron chi connectivity index (χ1n) is 5.38. The number of rotatable bonds is 4. The second-order valence-electron chi connectivity index (χ2n) is 4.00. The number of nitriles is 1. The molecular weight excluding hydrogens is 268 g/mol. The highest BCUT2D eigenvalue weighted by atomic mass is 32.2. The molecule has 0 atom stereocenters. The monoisotopic (exact) mass is 282 g/mol. The largest absolute Gasteiger partial charge is 0.447 e. The van der Waals surface area contributed by atoms with Gasteiger partial charge < -0.3 is 4.74 Å². The average molecular weight is 282 g/mol. The maximum atomic E-state index is 12.0. The molecule has 6 nitrogen and oxygen atoms in total. The van der Waals surface area contributed by atoms with Gasteiger partial charge in [-0.3, -0.25) is 0 Å². The van der Waals surface area contributed by atoms with Crippen LogP contribution in [-0.2, 0) is 14.8 Å². The molecule has 0 amide bonds. The number of carbonyl (C=O) groups excluding carboxylic acids is 1. The van der Waals surface area contributed by atoms with Crippen LogP contribution >= 0.6 is 0 Å². The highest BCUT2D eigenvalue weighted by Crippen LogP contribution is 2.18. The molecule has 0 aliphatic rings. The van der Waals surface area contributed by atoms with Gasteiger partial charge in [0.25, 0.3) is 0 Å². The van der Waals surface area contributed by atoms with Crippen molar-refractivity contribution in [1.82, 2.24) is 4.31 Å². The molecule has 0 saturated heterocycles. The maximum absolute atomic E-state index is 12.0. The molecule has 0 spiro atoms. The molecule has 1 rings (SSSR count). The summed E-state index contributed by atoms with van der Waals surface area (Å²) in [6.45, 7) is 1.29. The zero-order valence-corrected chi connectivity index (χ0v) is 11.7. The van der Waals surface area contributed by atoms with Gasteiger partial charge in [-0.05, 0) is 24.6 Å². The minimum atomic E-state index is -3.61. The van der Waals surface area contributed by atoms with Crippen molar-refractivity contribution in [1.29, 1.82) is 5.26 Å². The molecule has 102 valence electrons. The van der Waals surface area contributed by atoms with Gasteiger partial charge in [-0.2, -0.15) is 5.26 Å². The van der Waals surface area contributed by atoms with Crippen molar-refractivity contribution in [3.05, 3.63) is 29.3 Å². The Kier molecular flexibility index (Phi) is 4.64. The van der Waals surface area contributed by atoms with Crippen LogP contribution in [0.1, 0.15) is 15.9 Å². The van der Waals surface area contributed by atoms with Crippen molar-refractivity contribution in [3.63, 3.8) is 0 Å². The van der Waals surface area contributed by atoms with E-state index in [4.69, 9.17) is 5.26 Å². The van der Waals surface area contributed by atoms with Crippen LogP contribution in [-0.4, -0.2) is 39.4 Å². The van der Waals surface area contributed by atoms with E-state index in [1.165, 1.54) is 32.3 Å². The summed E-state index contributed by atoms with van der Waals surface area (Å²) in [7, 11) is -0.798. The van der Waals surface area contributed by atoms with Gasteiger partial charge in [0.15, 0.2) is 6.61 Å². The third-order valence-electron chi connectivity index (χ3n) is 2.48. The molecule has 0 aromatic heterocycles. The van der Waals surface area contributed by atoms with Gasteiger partial charge in [-0.25, -0.2) is 17.5 Å². The van der Waals surface area contributed by atoms with Gasteiger partial charge >= 0.3 is 5.97 Å². The normalized spacial score (nSPS) is 11.1. The summed E-state index contributed by atoms with van der Waals surface area (Å²) in [4.78, 5) is 11.7. The Morgan fingerprint density at radius 3 is 2.58 bits per heavy atom. The topological polar surface area (TPSA) is 87.5 Å². The molecule has 0 heterocycles. The number of nitrogens with zero attached hydrogens (tertiary/aromatic N) is 2. The van der Waals surface area contributed by atoms with Crippen molar-refractivity contribution in [2.24, 2.45) is 0 Å². The minimum Gasteiger partial charge on any atom is -0.447 e. The smallest absolute Gasteiger partial charge is 0.339 e. The number of benzene rings is 1. The lowest BCUT2D eigenvalue weighted by molar-refractivity contribution is 0.0554. The lowest BCUT2D eigenvalue weighted by Gasteiger charge is -2.13. The zero-order chi connectivity index (χ0) is 14.6. The second-order valence-corrected chi connectivity index (χ2v) is 6.15. The molecule has 0 saturated carbocycles. The van der Waals surface area contributed by atoms with Crippen molar-refractivity contribution in [3.8, 4) is 6.07 Å². The van der Waals surface area contributed by atoms with Crippen LogP contribution in [0.5, 0.6) is 0 Å². The van der Waals surface area contributed by atoms with Crippen molar-refractivity contribution in [2.45, 2.75) is 11.8 Å². The first-order valence-corrected chi connectivity index (χ1v) is 6.82. The second kappa shape index (κ2) is 5.82. The summed E-state index contributed by atoms with van der Waals surface area (Å²) >= 11 is 0.